The number of pyridine rings is 1. The molecule has 0 saturated heterocycles. The van der Waals surface area contributed by atoms with E-state index in [0.29, 0.717) is 14.3 Å². The van der Waals surface area contributed by atoms with Crippen LogP contribution in [0, 0.1) is 0 Å². The van der Waals surface area contributed by atoms with E-state index in [9.17, 15) is 4.79 Å². The summed E-state index contributed by atoms with van der Waals surface area (Å²) >= 11 is 0. The van der Waals surface area contributed by atoms with Crippen LogP contribution in [-0.2, 0) is 4.74 Å². The third-order valence-electron chi connectivity index (χ3n) is 3.63. The summed E-state index contributed by atoms with van der Waals surface area (Å²) in [5, 5.41) is 8.71. The van der Waals surface area contributed by atoms with Crippen LogP contribution in [0.4, 0.5) is 5.82 Å². The standard InChI is InChI=1S/C16H17N4O2P/c1-17-15-13-12(8-9-18-15)20(23-3)19-14(13)10-6-4-5-7-11(10)16(21)22-2/h4-9,23H,1-3H3,(H,17,18). The maximum Gasteiger partial charge on any atom is 0.338 e. The molecule has 3 rings (SSSR count). The number of esters is 1. The van der Waals surface area contributed by atoms with E-state index in [1.54, 1.807) is 12.3 Å². The summed E-state index contributed by atoms with van der Waals surface area (Å²) in [5.74, 6) is 0.360. The molecule has 1 unspecified atom stereocenters. The van der Waals surface area contributed by atoms with Gasteiger partial charge in [-0.25, -0.2) is 14.2 Å². The molecule has 2 heterocycles. The van der Waals surface area contributed by atoms with Crippen LogP contribution >= 0.6 is 8.73 Å². The summed E-state index contributed by atoms with van der Waals surface area (Å²) in [6, 6.07) is 9.26. The number of aromatic nitrogens is 3. The van der Waals surface area contributed by atoms with Crippen molar-refractivity contribution in [2.45, 2.75) is 0 Å². The second-order valence-corrected chi connectivity index (χ2v) is 5.70. The molecule has 1 atom stereocenters. The fourth-order valence-electron chi connectivity index (χ4n) is 2.59. The molecule has 1 aromatic carbocycles. The summed E-state index contributed by atoms with van der Waals surface area (Å²) in [6.07, 6.45) is 1.75. The van der Waals surface area contributed by atoms with Crippen molar-refractivity contribution in [3.63, 3.8) is 0 Å². The predicted molar refractivity (Wildman–Crippen MR) is 93.5 cm³/mol. The van der Waals surface area contributed by atoms with Crippen molar-refractivity contribution in [2.75, 3.05) is 26.1 Å². The maximum atomic E-state index is 12.1. The molecule has 7 heteroatoms. The highest BCUT2D eigenvalue weighted by Gasteiger charge is 2.20. The molecule has 3 aromatic rings. The van der Waals surface area contributed by atoms with Crippen molar-refractivity contribution in [2.24, 2.45) is 0 Å². The fourth-order valence-corrected chi connectivity index (χ4v) is 3.22. The average Bonchev–Trinajstić information content (AvgIpc) is 2.99. The van der Waals surface area contributed by atoms with E-state index in [0.717, 1.165) is 28.0 Å². The zero-order valence-corrected chi connectivity index (χ0v) is 14.1. The van der Waals surface area contributed by atoms with Gasteiger partial charge in [-0.3, -0.25) is 0 Å². The molecule has 0 fully saturated rings. The lowest BCUT2D eigenvalue weighted by Crippen LogP contribution is -2.04. The number of benzene rings is 1. The van der Waals surface area contributed by atoms with E-state index in [2.05, 4.69) is 17.0 Å². The molecule has 118 valence electrons. The number of hydrogen-bond donors (Lipinski definition) is 1. The second-order valence-electron chi connectivity index (χ2n) is 4.82. The molecule has 0 aliphatic heterocycles. The Labute approximate surface area is 135 Å². The normalized spacial score (nSPS) is 11.3. The highest BCUT2D eigenvalue weighted by atomic mass is 31.1. The third-order valence-corrected chi connectivity index (χ3v) is 4.39. The lowest BCUT2D eigenvalue weighted by Gasteiger charge is -2.07. The number of methoxy groups -OCH3 is 1. The molecule has 0 spiro atoms. The van der Waals surface area contributed by atoms with E-state index >= 15 is 0 Å². The van der Waals surface area contributed by atoms with Gasteiger partial charge in [0.25, 0.3) is 0 Å². The van der Waals surface area contributed by atoms with Gasteiger partial charge in [0.15, 0.2) is 0 Å². The number of ether oxygens (including phenoxy) is 1. The molecule has 0 aliphatic rings. The molecule has 0 aliphatic carbocycles. The van der Waals surface area contributed by atoms with Crippen LogP contribution in [0.5, 0.6) is 0 Å². The van der Waals surface area contributed by atoms with Gasteiger partial charge >= 0.3 is 5.97 Å². The number of nitrogens with zero attached hydrogens (tertiary/aromatic N) is 3. The van der Waals surface area contributed by atoms with Gasteiger partial charge in [-0.1, -0.05) is 18.2 Å². The number of carbonyl (C=O) groups excluding carboxylic acids is 1. The number of carbonyl (C=O) groups is 1. The van der Waals surface area contributed by atoms with Crippen molar-refractivity contribution >= 4 is 31.4 Å². The topological polar surface area (TPSA) is 69.0 Å². The summed E-state index contributed by atoms with van der Waals surface area (Å²) in [5.41, 5.74) is 2.95. The highest BCUT2D eigenvalue weighted by Crippen LogP contribution is 2.36. The third kappa shape index (κ3) is 2.55. The van der Waals surface area contributed by atoms with E-state index < -0.39 is 0 Å². The Kier molecular flexibility index (Phi) is 4.26. The Morgan fingerprint density at radius 1 is 1.30 bits per heavy atom. The van der Waals surface area contributed by atoms with Crippen LogP contribution in [-0.4, -0.2) is 41.3 Å². The Bertz CT molecular complexity index is 876. The summed E-state index contributed by atoms with van der Waals surface area (Å²) in [4.78, 5) is 16.5. The fraction of sp³-hybridized carbons (Fsp3) is 0.188. The van der Waals surface area contributed by atoms with Crippen LogP contribution in [0.2, 0.25) is 0 Å². The summed E-state index contributed by atoms with van der Waals surface area (Å²) in [6.45, 7) is 2.06. The van der Waals surface area contributed by atoms with Crippen LogP contribution in [0.15, 0.2) is 36.5 Å². The van der Waals surface area contributed by atoms with Crippen LogP contribution < -0.4 is 5.32 Å². The minimum atomic E-state index is -0.378. The Hall–Kier alpha value is -2.46. The van der Waals surface area contributed by atoms with Crippen molar-refractivity contribution in [1.29, 1.82) is 0 Å². The first kappa shape index (κ1) is 15.4. The molecule has 0 radical (unpaired) electrons. The van der Waals surface area contributed by atoms with Gasteiger partial charge in [0.1, 0.15) is 11.5 Å². The number of anilines is 1. The molecule has 1 N–H and O–H groups in total. The van der Waals surface area contributed by atoms with Gasteiger partial charge in [0.05, 0.1) is 23.6 Å². The van der Waals surface area contributed by atoms with Gasteiger partial charge in [-0.2, -0.15) is 5.10 Å². The maximum absolute atomic E-state index is 12.1. The predicted octanol–water partition coefficient (Wildman–Crippen LogP) is 3.00. The van der Waals surface area contributed by atoms with Gasteiger partial charge in [-0.05, 0) is 18.8 Å². The summed E-state index contributed by atoms with van der Waals surface area (Å²) < 4.78 is 6.83. The Morgan fingerprint density at radius 3 is 2.78 bits per heavy atom. The van der Waals surface area contributed by atoms with Gasteiger partial charge in [-0.15, -0.1) is 0 Å². The van der Waals surface area contributed by atoms with Gasteiger partial charge < -0.3 is 10.1 Å². The lowest BCUT2D eigenvalue weighted by atomic mass is 10.0. The first-order valence-electron chi connectivity index (χ1n) is 7.12. The molecular weight excluding hydrogens is 311 g/mol. The van der Waals surface area contributed by atoms with E-state index in [-0.39, 0.29) is 5.97 Å². The quantitative estimate of drug-likeness (QED) is 0.589. The molecule has 0 amide bonds. The zero-order chi connectivity index (χ0) is 16.4. The zero-order valence-electron chi connectivity index (χ0n) is 13.1. The number of hydrogen-bond acceptors (Lipinski definition) is 5. The Balaban J connectivity index is 2.35. The van der Waals surface area contributed by atoms with Gasteiger partial charge in [0, 0.05) is 27.5 Å². The van der Waals surface area contributed by atoms with Crippen molar-refractivity contribution in [3.05, 3.63) is 42.1 Å². The minimum Gasteiger partial charge on any atom is -0.465 e. The monoisotopic (exact) mass is 328 g/mol. The van der Waals surface area contributed by atoms with E-state index in [1.165, 1.54) is 7.11 Å². The number of fused-ring (bicyclic) bond motifs is 1. The van der Waals surface area contributed by atoms with Crippen LogP contribution in [0.25, 0.3) is 22.2 Å². The number of nitrogens with one attached hydrogen (secondary N) is 1. The largest absolute Gasteiger partial charge is 0.465 e. The number of rotatable bonds is 4. The molecule has 2 aromatic heterocycles. The molecule has 23 heavy (non-hydrogen) atoms. The van der Waals surface area contributed by atoms with E-state index in [1.807, 2.05) is 35.8 Å². The lowest BCUT2D eigenvalue weighted by molar-refractivity contribution is 0.0601. The van der Waals surface area contributed by atoms with Gasteiger partial charge in [0.2, 0.25) is 0 Å². The minimum absolute atomic E-state index is 0.378. The molecule has 6 nitrogen and oxygen atoms in total. The first-order chi connectivity index (χ1) is 11.2. The molecule has 0 bridgehead atoms. The molecular formula is C16H17N4O2P. The van der Waals surface area contributed by atoms with Crippen LogP contribution in [0.1, 0.15) is 10.4 Å². The van der Waals surface area contributed by atoms with Crippen molar-refractivity contribution < 1.29 is 9.53 Å². The first-order valence-corrected chi connectivity index (χ1v) is 8.57. The molecule has 0 saturated carbocycles. The van der Waals surface area contributed by atoms with Crippen molar-refractivity contribution in [1.82, 2.24) is 14.5 Å². The Morgan fingerprint density at radius 2 is 2.09 bits per heavy atom. The smallest absolute Gasteiger partial charge is 0.338 e. The second kappa shape index (κ2) is 6.34. The van der Waals surface area contributed by atoms with Crippen LogP contribution in [0.3, 0.4) is 0 Å². The van der Waals surface area contributed by atoms with E-state index in [4.69, 9.17) is 9.84 Å². The summed E-state index contributed by atoms with van der Waals surface area (Å²) in [7, 11) is 3.67. The highest BCUT2D eigenvalue weighted by molar-refractivity contribution is 7.35. The SMILES string of the molecule is CNc1nccc2c1c(-c1ccccc1C(=O)OC)nn2PC. The average molecular weight is 328 g/mol. The van der Waals surface area contributed by atoms with Crippen molar-refractivity contribution in [3.8, 4) is 11.3 Å².